The van der Waals surface area contributed by atoms with Crippen molar-refractivity contribution in [1.82, 2.24) is 4.98 Å². The summed E-state index contributed by atoms with van der Waals surface area (Å²) in [5.74, 6) is -0.272. The van der Waals surface area contributed by atoms with E-state index in [1.807, 2.05) is 6.92 Å². The van der Waals surface area contributed by atoms with E-state index in [9.17, 15) is 4.79 Å². The Labute approximate surface area is 119 Å². The van der Waals surface area contributed by atoms with E-state index in [1.54, 1.807) is 12.1 Å². The van der Waals surface area contributed by atoms with E-state index < -0.39 is 0 Å². The van der Waals surface area contributed by atoms with Crippen molar-refractivity contribution >= 4 is 17.6 Å². The second-order valence-corrected chi connectivity index (χ2v) is 5.43. The Morgan fingerprint density at radius 1 is 1.32 bits per heavy atom. The van der Waals surface area contributed by atoms with Gasteiger partial charge in [0.15, 0.2) is 0 Å². The van der Waals surface area contributed by atoms with Gasteiger partial charge in [-0.1, -0.05) is 31.4 Å². The average Bonchev–Trinajstić information content (AvgIpc) is 2.66. The maximum atomic E-state index is 12.1. The van der Waals surface area contributed by atoms with Crippen LogP contribution in [0.3, 0.4) is 0 Å². The summed E-state index contributed by atoms with van der Waals surface area (Å²) >= 11 is 5.92. The second-order valence-electron chi connectivity index (χ2n) is 5.04. The molecule has 4 heteroatoms. The third kappa shape index (κ3) is 4.20. The van der Waals surface area contributed by atoms with Crippen LogP contribution >= 0.6 is 11.6 Å². The van der Waals surface area contributed by atoms with Gasteiger partial charge in [-0.15, -0.1) is 0 Å². The van der Waals surface area contributed by atoms with Gasteiger partial charge in [-0.2, -0.15) is 0 Å². The van der Waals surface area contributed by atoms with Crippen molar-refractivity contribution < 1.29 is 9.53 Å². The summed E-state index contributed by atoms with van der Waals surface area (Å²) in [6.45, 7) is 1.99. The molecule has 0 saturated heterocycles. The number of hydrogen-bond acceptors (Lipinski definition) is 3. The molecular weight excluding hydrogens is 262 g/mol. The Morgan fingerprint density at radius 3 is 2.63 bits per heavy atom. The van der Waals surface area contributed by atoms with Gasteiger partial charge in [0.1, 0.15) is 11.3 Å². The van der Waals surface area contributed by atoms with Gasteiger partial charge in [-0.05, 0) is 44.2 Å². The van der Waals surface area contributed by atoms with Crippen LogP contribution in [0.15, 0.2) is 12.1 Å². The third-order valence-electron chi connectivity index (χ3n) is 3.52. The predicted molar refractivity (Wildman–Crippen MR) is 75.5 cm³/mol. The first-order valence-electron chi connectivity index (χ1n) is 7.06. The molecule has 104 valence electrons. The number of pyridine rings is 1. The zero-order valence-corrected chi connectivity index (χ0v) is 12.1. The topological polar surface area (TPSA) is 39.2 Å². The number of carbonyl (C=O) groups is 1. The molecule has 0 aromatic carbocycles. The van der Waals surface area contributed by atoms with Gasteiger partial charge in [-0.3, -0.25) is 0 Å². The summed E-state index contributed by atoms with van der Waals surface area (Å²) in [6, 6.07) is 3.35. The molecule has 0 bridgehead atoms. The lowest BCUT2D eigenvalue weighted by Crippen LogP contribution is -2.18. The summed E-state index contributed by atoms with van der Waals surface area (Å²) < 4.78 is 5.59. The van der Waals surface area contributed by atoms with Crippen molar-refractivity contribution in [1.29, 1.82) is 0 Å². The van der Waals surface area contributed by atoms with E-state index in [4.69, 9.17) is 16.3 Å². The highest BCUT2D eigenvalue weighted by molar-refractivity contribution is 6.29. The predicted octanol–water partition coefficient (Wildman–Crippen LogP) is 4.18. The summed E-state index contributed by atoms with van der Waals surface area (Å²) in [7, 11) is 0. The minimum Gasteiger partial charge on any atom is -0.459 e. The van der Waals surface area contributed by atoms with E-state index in [0.717, 1.165) is 37.8 Å². The summed E-state index contributed by atoms with van der Waals surface area (Å²) in [5.41, 5.74) is 1.33. The maximum Gasteiger partial charge on any atom is 0.338 e. The van der Waals surface area contributed by atoms with E-state index in [0.29, 0.717) is 10.7 Å². The van der Waals surface area contributed by atoms with Gasteiger partial charge in [0.25, 0.3) is 0 Å². The van der Waals surface area contributed by atoms with Crippen LogP contribution in [0.25, 0.3) is 0 Å². The highest BCUT2D eigenvalue weighted by Gasteiger charge is 2.18. The Balaban J connectivity index is 2.04. The zero-order valence-electron chi connectivity index (χ0n) is 11.3. The first-order valence-corrected chi connectivity index (χ1v) is 7.44. The van der Waals surface area contributed by atoms with Gasteiger partial charge < -0.3 is 4.74 Å². The van der Waals surface area contributed by atoms with E-state index in [1.165, 1.54) is 12.8 Å². The van der Waals surface area contributed by atoms with Gasteiger partial charge in [0, 0.05) is 5.69 Å². The van der Waals surface area contributed by atoms with Crippen LogP contribution in [-0.2, 0) is 11.2 Å². The van der Waals surface area contributed by atoms with E-state index in [2.05, 4.69) is 4.98 Å². The van der Waals surface area contributed by atoms with Gasteiger partial charge in [-0.25, -0.2) is 9.78 Å². The van der Waals surface area contributed by atoms with Crippen LogP contribution in [0.1, 0.15) is 61.5 Å². The molecule has 1 aromatic rings. The zero-order chi connectivity index (χ0) is 13.7. The van der Waals surface area contributed by atoms with Crippen molar-refractivity contribution in [3.05, 3.63) is 28.5 Å². The van der Waals surface area contributed by atoms with E-state index >= 15 is 0 Å². The number of hydrogen-bond donors (Lipinski definition) is 0. The standard InChI is InChI=1S/C15H20ClNO2/c1-2-12-9-11(10-14(16)17-12)15(18)19-13-7-5-3-4-6-8-13/h9-10,13H,2-8H2,1H3. The Kier molecular flexibility index (Phi) is 5.20. The Morgan fingerprint density at radius 2 is 2.00 bits per heavy atom. The highest BCUT2D eigenvalue weighted by Crippen LogP contribution is 2.21. The van der Waals surface area contributed by atoms with Gasteiger partial charge >= 0.3 is 5.97 Å². The fourth-order valence-corrected chi connectivity index (χ4v) is 2.66. The SMILES string of the molecule is CCc1cc(C(=O)OC2CCCCCC2)cc(Cl)n1. The molecule has 0 radical (unpaired) electrons. The number of carbonyl (C=O) groups excluding carboxylic acids is 1. The fraction of sp³-hybridized carbons (Fsp3) is 0.600. The van der Waals surface area contributed by atoms with Crippen molar-refractivity contribution in [3.63, 3.8) is 0 Å². The molecule has 0 aliphatic heterocycles. The number of rotatable bonds is 3. The molecule has 0 amide bonds. The molecule has 19 heavy (non-hydrogen) atoms. The molecule has 0 atom stereocenters. The van der Waals surface area contributed by atoms with Crippen molar-refractivity contribution in [2.45, 2.75) is 58.0 Å². The maximum absolute atomic E-state index is 12.1. The van der Waals surface area contributed by atoms with Gasteiger partial charge in [0.05, 0.1) is 5.56 Å². The molecular formula is C15H20ClNO2. The lowest BCUT2D eigenvalue weighted by atomic mass is 10.1. The molecule has 1 heterocycles. The fourth-order valence-electron chi connectivity index (χ4n) is 2.43. The van der Waals surface area contributed by atoms with Crippen LogP contribution in [0, 0.1) is 0 Å². The molecule has 0 unspecified atom stereocenters. The quantitative estimate of drug-likeness (QED) is 0.474. The lowest BCUT2D eigenvalue weighted by Gasteiger charge is -2.15. The molecule has 2 rings (SSSR count). The van der Waals surface area contributed by atoms with Crippen molar-refractivity contribution in [2.75, 3.05) is 0 Å². The Hall–Kier alpha value is -1.09. The van der Waals surface area contributed by atoms with Crippen molar-refractivity contribution in [3.8, 4) is 0 Å². The number of esters is 1. The van der Waals surface area contributed by atoms with Crippen LogP contribution in [0.2, 0.25) is 5.15 Å². The highest BCUT2D eigenvalue weighted by atomic mass is 35.5. The minimum absolute atomic E-state index is 0.0621. The summed E-state index contributed by atoms with van der Waals surface area (Å²) in [5, 5.41) is 0.354. The molecule has 0 N–H and O–H groups in total. The van der Waals surface area contributed by atoms with Gasteiger partial charge in [0.2, 0.25) is 0 Å². The van der Waals surface area contributed by atoms with Crippen molar-refractivity contribution in [2.24, 2.45) is 0 Å². The third-order valence-corrected chi connectivity index (χ3v) is 3.71. The lowest BCUT2D eigenvalue weighted by molar-refractivity contribution is 0.0267. The molecule has 3 nitrogen and oxygen atoms in total. The van der Waals surface area contributed by atoms with Crippen LogP contribution in [-0.4, -0.2) is 17.1 Å². The molecule has 1 saturated carbocycles. The number of aromatic nitrogens is 1. The van der Waals surface area contributed by atoms with E-state index in [-0.39, 0.29) is 12.1 Å². The largest absolute Gasteiger partial charge is 0.459 e. The Bertz CT molecular complexity index is 440. The molecule has 1 aromatic heterocycles. The first kappa shape index (κ1) is 14.3. The normalized spacial score (nSPS) is 16.9. The number of ether oxygens (including phenoxy) is 1. The van der Waals surface area contributed by atoms with Crippen LogP contribution in [0.5, 0.6) is 0 Å². The monoisotopic (exact) mass is 281 g/mol. The average molecular weight is 282 g/mol. The first-order chi connectivity index (χ1) is 9.19. The smallest absolute Gasteiger partial charge is 0.338 e. The number of aryl methyl sites for hydroxylation is 1. The molecule has 1 fully saturated rings. The molecule has 1 aliphatic carbocycles. The summed E-state index contributed by atoms with van der Waals surface area (Å²) in [6.07, 6.45) is 7.56. The number of nitrogens with zero attached hydrogens (tertiary/aromatic N) is 1. The van der Waals surface area contributed by atoms with Crippen LogP contribution < -0.4 is 0 Å². The van der Waals surface area contributed by atoms with Crippen LogP contribution in [0.4, 0.5) is 0 Å². The minimum atomic E-state index is -0.272. The molecule has 1 aliphatic rings. The second kappa shape index (κ2) is 6.90. The number of halogens is 1. The summed E-state index contributed by atoms with van der Waals surface area (Å²) in [4.78, 5) is 16.3. The molecule has 0 spiro atoms.